The average Bonchev–Trinajstić information content (AvgIpc) is 3.23. The second-order valence-corrected chi connectivity index (χ2v) is 10.4. The van der Waals surface area contributed by atoms with Gasteiger partial charge in [0, 0.05) is 44.9 Å². The third kappa shape index (κ3) is 7.00. The van der Waals surface area contributed by atoms with Gasteiger partial charge < -0.3 is 15.2 Å². The molecule has 0 saturated heterocycles. The lowest BCUT2D eigenvalue weighted by molar-refractivity contribution is -0.566. The van der Waals surface area contributed by atoms with Crippen LogP contribution in [0.1, 0.15) is 24.3 Å². The number of nitroso groups, excluding NO2 is 1. The van der Waals surface area contributed by atoms with Crippen LogP contribution < -0.4 is 10.6 Å². The maximum atomic E-state index is 12.4. The molecule has 3 aromatic rings. The Kier molecular flexibility index (Phi) is 8.64. The molecule has 7 nitrogen and oxygen atoms in total. The van der Waals surface area contributed by atoms with Crippen LogP contribution in [0, 0.1) is 10.8 Å². The van der Waals surface area contributed by atoms with Gasteiger partial charge in [0.2, 0.25) is 19.0 Å². The first kappa shape index (κ1) is 24.6. The predicted octanol–water partition coefficient (Wildman–Crippen LogP) is 4.19. The Morgan fingerprint density at radius 1 is 1.31 bits per heavy atom. The topological polar surface area (TPSA) is 79.0 Å². The van der Waals surface area contributed by atoms with Gasteiger partial charge in [0.05, 0.1) is 21.9 Å². The molecule has 0 unspecified atom stereocenters. The van der Waals surface area contributed by atoms with Crippen LogP contribution in [0.15, 0.2) is 30.6 Å². The highest BCUT2D eigenvalue weighted by molar-refractivity contribution is 7.16. The zero-order chi connectivity index (χ0) is 23.3. The predicted molar refractivity (Wildman–Crippen MR) is 131 cm³/mol. The number of hydrogen-bond acceptors (Lipinski definition) is 5. The fourth-order valence-corrected chi connectivity index (χ4v) is 5.14. The van der Waals surface area contributed by atoms with Gasteiger partial charge in [-0.25, -0.2) is 4.98 Å². The lowest BCUT2D eigenvalue weighted by Gasteiger charge is -2.13. The van der Waals surface area contributed by atoms with E-state index in [-0.39, 0.29) is 31.6 Å². The van der Waals surface area contributed by atoms with Crippen molar-refractivity contribution in [2.24, 2.45) is 13.0 Å². The quantitative estimate of drug-likeness (QED) is 0.390. The van der Waals surface area contributed by atoms with Gasteiger partial charge in [-0.3, -0.25) is 4.79 Å². The molecule has 3 aromatic heterocycles. The fourth-order valence-electron chi connectivity index (χ4n) is 3.60. The number of nitrogens with one attached hydrogen (secondary N) is 2. The molecule has 0 saturated carbocycles. The Bertz CT molecular complexity index is 1100. The number of aryl methyl sites for hydroxylation is 1. The number of hydrogen-bond donors (Lipinski definition) is 2. The molecule has 0 radical (unpaired) electrons. The molecule has 0 aliphatic rings. The minimum absolute atomic E-state index is 0.128. The summed E-state index contributed by atoms with van der Waals surface area (Å²) in [7, 11) is 1.88. The summed E-state index contributed by atoms with van der Waals surface area (Å²) >= 11 is 13.8. The van der Waals surface area contributed by atoms with Gasteiger partial charge in [0.15, 0.2) is 0 Å². The number of halogens is 2. The number of amides is 1. The summed E-state index contributed by atoms with van der Waals surface area (Å²) in [6, 6.07) is 5.55. The van der Waals surface area contributed by atoms with E-state index in [1.165, 1.54) is 4.88 Å². The van der Waals surface area contributed by atoms with E-state index < -0.39 is 0 Å². The lowest BCUT2D eigenvalue weighted by atomic mass is 10.1. The van der Waals surface area contributed by atoms with E-state index in [1.807, 2.05) is 36.7 Å². The SMILES string of the molecule is C[C@@H](CNCC(=O)N[C@@H](C)C[N+](=O)Cc1cnc2c(c1)c(Cl)cn2C)Cc1ccc(Cl)s1. The molecular weight excluding hydrogens is 469 g/mol. The molecule has 2 N–H and O–H groups in total. The molecule has 172 valence electrons. The number of fused-ring (bicyclic) bond motifs is 1. The van der Waals surface area contributed by atoms with Crippen LogP contribution in [0.5, 0.6) is 0 Å². The van der Waals surface area contributed by atoms with E-state index in [4.69, 9.17) is 23.2 Å². The molecule has 3 rings (SSSR count). The number of nitrogens with zero attached hydrogens (tertiary/aromatic N) is 3. The van der Waals surface area contributed by atoms with Crippen LogP contribution in [0.4, 0.5) is 0 Å². The summed E-state index contributed by atoms with van der Waals surface area (Å²) < 4.78 is 3.56. The highest BCUT2D eigenvalue weighted by Gasteiger charge is 2.19. The van der Waals surface area contributed by atoms with Gasteiger partial charge >= 0.3 is 0 Å². The summed E-state index contributed by atoms with van der Waals surface area (Å²) in [5.74, 6) is 0.257. The molecule has 0 aliphatic heterocycles. The minimum Gasteiger partial charge on any atom is -0.346 e. The zero-order valence-corrected chi connectivity index (χ0v) is 20.7. The number of thiophene rings is 1. The van der Waals surface area contributed by atoms with E-state index in [2.05, 4.69) is 22.5 Å². The van der Waals surface area contributed by atoms with Crippen molar-refractivity contribution in [3.63, 3.8) is 0 Å². The summed E-state index contributed by atoms with van der Waals surface area (Å²) in [6.45, 7) is 5.25. The maximum absolute atomic E-state index is 12.4. The molecule has 0 spiro atoms. The van der Waals surface area contributed by atoms with Crippen LogP contribution >= 0.6 is 34.5 Å². The second-order valence-electron chi connectivity index (χ2n) is 8.24. The molecule has 0 aromatic carbocycles. The second kappa shape index (κ2) is 11.2. The average molecular weight is 497 g/mol. The van der Waals surface area contributed by atoms with Crippen LogP contribution in [-0.2, 0) is 24.8 Å². The van der Waals surface area contributed by atoms with Crippen molar-refractivity contribution in [1.29, 1.82) is 0 Å². The maximum Gasteiger partial charge on any atom is 0.234 e. The van der Waals surface area contributed by atoms with Crippen LogP contribution in [0.2, 0.25) is 9.36 Å². The summed E-state index contributed by atoms with van der Waals surface area (Å²) in [5.41, 5.74) is 1.56. The van der Waals surface area contributed by atoms with Gasteiger partial charge in [0.1, 0.15) is 5.65 Å². The zero-order valence-electron chi connectivity index (χ0n) is 18.4. The van der Waals surface area contributed by atoms with Gasteiger partial charge in [0.25, 0.3) is 0 Å². The highest BCUT2D eigenvalue weighted by Crippen LogP contribution is 2.25. The Balaban J connectivity index is 1.37. The molecule has 0 aliphatic carbocycles. The van der Waals surface area contributed by atoms with Crippen molar-refractivity contribution in [3.8, 4) is 0 Å². The van der Waals surface area contributed by atoms with Crippen molar-refractivity contribution < 1.29 is 9.55 Å². The first-order valence-corrected chi connectivity index (χ1v) is 12.0. The van der Waals surface area contributed by atoms with Crippen molar-refractivity contribution in [3.05, 3.63) is 55.3 Å². The molecule has 32 heavy (non-hydrogen) atoms. The summed E-state index contributed by atoms with van der Waals surface area (Å²) in [6.07, 6.45) is 4.40. The number of pyridine rings is 1. The Hall–Kier alpha value is -2.00. The standard InChI is InChI=1S/C22H27Cl2N5O2S/c1-14(6-17-4-5-20(24)32-17)8-25-10-21(30)27-15(2)11-29(31)12-16-7-18-19(23)13-28(3)22(18)26-9-16/h4-5,7,9,13-15,25H,6,8,10-12H2,1-3H3/p+1/t14-,15+/m1/s1. The molecule has 0 fully saturated rings. The van der Waals surface area contributed by atoms with Crippen molar-refractivity contribution in [1.82, 2.24) is 20.2 Å². The molecule has 1 amide bonds. The summed E-state index contributed by atoms with van der Waals surface area (Å²) in [4.78, 5) is 30.2. The third-order valence-electron chi connectivity index (χ3n) is 5.02. The smallest absolute Gasteiger partial charge is 0.234 e. The van der Waals surface area contributed by atoms with Gasteiger partial charge in [-0.1, -0.05) is 30.1 Å². The van der Waals surface area contributed by atoms with E-state index >= 15 is 0 Å². The third-order valence-corrected chi connectivity index (χ3v) is 6.58. The lowest BCUT2D eigenvalue weighted by Crippen LogP contribution is -2.43. The first-order valence-electron chi connectivity index (χ1n) is 10.5. The number of rotatable bonds is 11. The normalized spacial score (nSPS) is 13.3. The monoisotopic (exact) mass is 496 g/mol. The molecule has 2 atom stereocenters. The first-order chi connectivity index (χ1) is 15.2. The van der Waals surface area contributed by atoms with E-state index in [0.29, 0.717) is 10.9 Å². The van der Waals surface area contributed by atoms with Crippen molar-refractivity contribution >= 4 is 51.5 Å². The van der Waals surface area contributed by atoms with E-state index in [1.54, 1.807) is 23.7 Å². The van der Waals surface area contributed by atoms with E-state index in [9.17, 15) is 9.70 Å². The summed E-state index contributed by atoms with van der Waals surface area (Å²) in [5, 5.41) is 7.48. The number of aromatic nitrogens is 2. The number of carbonyl (C=O) groups is 1. The molecule has 3 heterocycles. The largest absolute Gasteiger partial charge is 0.346 e. The Morgan fingerprint density at radius 3 is 2.81 bits per heavy atom. The molecule has 10 heteroatoms. The van der Waals surface area contributed by atoms with Crippen molar-refractivity contribution in [2.45, 2.75) is 32.9 Å². The van der Waals surface area contributed by atoms with Crippen LogP contribution in [0.25, 0.3) is 11.0 Å². The van der Waals surface area contributed by atoms with Gasteiger partial charge in [-0.15, -0.1) is 11.3 Å². The van der Waals surface area contributed by atoms with Crippen LogP contribution in [-0.4, -0.2) is 45.9 Å². The Labute approximate surface area is 201 Å². The highest BCUT2D eigenvalue weighted by atomic mass is 35.5. The van der Waals surface area contributed by atoms with Crippen LogP contribution in [0.3, 0.4) is 0 Å². The fraction of sp³-hybridized carbons (Fsp3) is 0.455. The molecule has 0 bridgehead atoms. The van der Waals surface area contributed by atoms with Gasteiger partial charge in [-0.2, -0.15) is 0 Å². The van der Waals surface area contributed by atoms with Crippen molar-refractivity contribution in [2.75, 3.05) is 19.6 Å². The van der Waals surface area contributed by atoms with E-state index in [0.717, 1.165) is 38.7 Å². The minimum atomic E-state index is -0.274. The molecular formula is C22H28Cl2N5O2S+. The Morgan fingerprint density at radius 2 is 2.09 bits per heavy atom. The van der Waals surface area contributed by atoms with Gasteiger partial charge in [-0.05, 0) is 44.0 Å². The number of carbonyl (C=O) groups excluding carboxylic acids is 1.